The molecule has 3 rings (SSSR count). The van der Waals surface area contributed by atoms with E-state index in [1.807, 2.05) is 0 Å². The maximum absolute atomic E-state index is 9.10. The van der Waals surface area contributed by atoms with E-state index in [-0.39, 0.29) is 0 Å². The Morgan fingerprint density at radius 2 is 1.91 bits per heavy atom. The summed E-state index contributed by atoms with van der Waals surface area (Å²) in [5.74, 6) is -1.45. The molecule has 0 aromatic carbocycles. The number of carboxylic acid groups (broad SMARTS) is 2. The van der Waals surface area contributed by atoms with Gasteiger partial charge in [-0.25, -0.2) is 9.59 Å². The minimum absolute atomic E-state index is 0.537. The molecular weight excluding hydrogens is 302 g/mol. The van der Waals surface area contributed by atoms with Crippen molar-refractivity contribution in [3.63, 3.8) is 0 Å². The summed E-state index contributed by atoms with van der Waals surface area (Å²) in [5.41, 5.74) is 1.19. The van der Waals surface area contributed by atoms with Gasteiger partial charge in [-0.3, -0.25) is 0 Å². The van der Waals surface area contributed by atoms with E-state index >= 15 is 0 Å². The summed E-state index contributed by atoms with van der Waals surface area (Å²) in [6.45, 7) is 2.04. The number of rotatable bonds is 2. The zero-order valence-corrected chi connectivity index (χ0v) is 13.1. The molecule has 0 spiro atoms. The highest BCUT2D eigenvalue weighted by Crippen LogP contribution is 2.33. The summed E-state index contributed by atoms with van der Waals surface area (Å²) in [6, 6.07) is 0. The van der Waals surface area contributed by atoms with Crippen molar-refractivity contribution >= 4 is 17.5 Å². The molecule has 1 aliphatic heterocycles. The molecule has 0 radical (unpaired) electrons. The topological polar surface area (TPSA) is 117 Å². The molecule has 23 heavy (non-hydrogen) atoms. The Bertz CT molecular complexity index is 578. The Hall–Kier alpha value is -2.22. The largest absolute Gasteiger partial charge is 0.473 e. The second-order valence-corrected chi connectivity index (χ2v) is 5.81. The van der Waals surface area contributed by atoms with Crippen LogP contribution in [0.25, 0.3) is 5.57 Å². The summed E-state index contributed by atoms with van der Waals surface area (Å²) < 4.78 is 5.41. The summed E-state index contributed by atoms with van der Waals surface area (Å²) in [7, 11) is 2.13. The van der Waals surface area contributed by atoms with Crippen LogP contribution in [0.5, 0.6) is 0 Å². The summed E-state index contributed by atoms with van der Waals surface area (Å²) in [4.78, 5) is 25.1. The predicted molar refractivity (Wildman–Crippen MR) is 80.9 cm³/mol. The Balaban J connectivity index is 0.000000277. The van der Waals surface area contributed by atoms with Crippen LogP contribution in [0.15, 0.2) is 10.6 Å². The average molecular weight is 323 g/mol. The molecule has 1 aliphatic carbocycles. The number of carbonyl (C=O) groups is 2. The minimum atomic E-state index is -1.82. The van der Waals surface area contributed by atoms with Crippen LogP contribution in [0.1, 0.15) is 49.7 Å². The quantitative estimate of drug-likeness (QED) is 0.788. The molecule has 8 nitrogen and oxygen atoms in total. The molecule has 8 heteroatoms. The zero-order valence-electron chi connectivity index (χ0n) is 13.1. The standard InChI is InChI=1S/C13H19N3O.C2H2O4/c1-16-8-4-7-11(9-16)13-14-12(15-17-13)10-5-2-3-6-10;3-1(4)2(5)6/h7,10H,2-6,8-9H2,1H3;(H,3,4)(H,5,6). The molecule has 1 fully saturated rings. The lowest BCUT2D eigenvalue weighted by molar-refractivity contribution is -0.159. The van der Waals surface area contributed by atoms with Gasteiger partial charge in [0.1, 0.15) is 0 Å². The number of hydrogen-bond donors (Lipinski definition) is 2. The van der Waals surface area contributed by atoms with Gasteiger partial charge in [0.05, 0.1) is 0 Å². The van der Waals surface area contributed by atoms with Gasteiger partial charge in [-0.1, -0.05) is 24.1 Å². The van der Waals surface area contributed by atoms with E-state index in [2.05, 4.69) is 28.2 Å². The molecule has 0 amide bonds. The first-order valence-electron chi connectivity index (χ1n) is 7.65. The van der Waals surface area contributed by atoms with Crippen LogP contribution < -0.4 is 0 Å². The van der Waals surface area contributed by atoms with Gasteiger partial charge in [0.25, 0.3) is 5.89 Å². The lowest BCUT2D eigenvalue weighted by Gasteiger charge is -2.20. The molecule has 0 saturated heterocycles. The van der Waals surface area contributed by atoms with Crippen LogP contribution in [0.3, 0.4) is 0 Å². The number of hydrogen-bond acceptors (Lipinski definition) is 6. The highest BCUT2D eigenvalue weighted by atomic mass is 16.5. The van der Waals surface area contributed by atoms with E-state index in [1.54, 1.807) is 0 Å². The molecule has 0 atom stereocenters. The fourth-order valence-corrected chi connectivity index (χ4v) is 2.76. The Labute approximate surface area is 133 Å². The summed E-state index contributed by atoms with van der Waals surface area (Å²) >= 11 is 0. The van der Waals surface area contributed by atoms with Crippen molar-refractivity contribution < 1.29 is 24.3 Å². The predicted octanol–water partition coefficient (Wildman–Crippen LogP) is 1.60. The van der Waals surface area contributed by atoms with Crippen molar-refractivity contribution in [1.82, 2.24) is 15.0 Å². The third kappa shape index (κ3) is 4.88. The van der Waals surface area contributed by atoms with E-state index in [0.29, 0.717) is 5.92 Å². The number of aromatic nitrogens is 2. The highest BCUT2D eigenvalue weighted by molar-refractivity contribution is 6.27. The molecule has 0 bridgehead atoms. The molecule has 1 aromatic heterocycles. The fraction of sp³-hybridized carbons (Fsp3) is 0.600. The smallest absolute Gasteiger partial charge is 0.414 e. The molecule has 2 N–H and O–H groups in total. The van der Waals surface area contributed by atoms with Crippen molar-refractivity contribution in [1.29, 1.82) is 0 Å². The maximum Gasteiger partial charge on any atom is 0.414 e. The Morgan fingerprint density at radius 1 is 1.26 bits per heavy atom. The lowest BCUT2D eigenvalue weighted by atomic mass is 10.1. The van der Waals surface area contributed by atoms with Crippen molar-refractivity contribution in [2.24, 2.45) is 0 Å². The molecule has 1 aromatic rings. The van der Waals surface area contributed by atoms with Crippen molar-refractivity contribution in [3.05, 3.63) is 17.8 Å². The number of nitrogens with zero attached hydrogens (tertiary/aromatic N) is 3. The molecule has 1 saturated carbocycles. The monoisotopic (exact) mass is 323 g/mol. The molecular formula is C15H21N3O5. The molecule has 2 heterocycles. The van der Waals surface area contributed by atoms with Gasteiger partial charge in [-0.2, -0.15) is 4.98 Å². The van der Waals surface area contributed by atoms with E-state index in [0.717, 1.165) is 31.2 Å². The van der Waals surface area contributed by atoms with Gasteiger partial charge in [0.15, 0.2) is 5.82 Å². The van der Waals surface area contributed by atoms with Gasteiger partial charge in [-0.15, -0.1) is 0 Å². The first-order valence-corrected chi connectivity index (χ1v) is 7.65. The summed E-state index contributed by atoms with van der Waals surface area (Å²) in [6.07, 6.45) is 8.36. The molecule has 2 aliphatic rings. The normalized spacial score (nSPS) is 18.9. The van der Waals surface area contributed by atoms with Crippen LogP contribution in [0, 0.1) is 0 Å². The summed E-state index contributed by atoms with van der Waals surface area (Å²) in [5, 5.41) is 18.9. The van der Waals surface area contributed by atoms with E-state index in [4.69, 9.17) is 24.3 Å². The van der Waals surface area contributed by atoms with Crippen LogP contribution in [-0.4, -0.2) is 57.3 Å². The average Bonchev–Trinajstić information content (AvgIpc) is 3.19. The van der Waals surface area contributed by atoms with Gasteiger partial charge >= 0.3 is 11.9 Å². The second kappa shape index (κ2) is 7.87. The minimum Gasteiger partial charge on any atom is -0.473 e. The Kier molecular flexibility index (Phi) is 5.86. The van der Waals surface area contributed by atoms with Crippen LogP contribution in [0.4, 0.5) is 0 Å². The second-order valence-electron chi connectivity index (χ2n) is 5.81. The van der Waals surface area contributed by atoms with Crippen LogP contribution in [-0.2, 0) is 9.59 Å². The zero-order chi connectivity index (χ0) is 16.8. The fourth-order valence-electron chi connectivity index (χ4n) is 2.76. The van der Waals surface area contributed by atoms with E-state index < -0.39 is 11.9 Å². The highest BCUT2D eigenvalue weighted by Gasteiger charge is 2.24. The first-order chi connectivity index (χ1) is 11.0. The Morgan fingerprint density at radius 3 is 2.48 bits per heavy atom. The van der Waals surface area contributed by atoms with Crippen LogP contribution >= 0.6 is 0 Å². The van der Waals surface area contributed by atoms with Crippen molar-refractivity contribution in [3.8, 4) is 0 Å². The van der Waals surface area contributed by atoms with Gasteiger partial charge < -0.3 is 19.6 Å². The van der Waals surface area contributed by atoms with Gasteiger partial charge in [0.2, 0.25) is 0 Å². The van der Waals surface area contributed by atoms with Crippen molar-refractivity contribution in [2.45, 2.75) is 38.0 Å². The lowest BCUT2D eigenvalue weighted by Crippen LogP contribution is -2.25. The number of aliphatic carboxylic acids is 2. The third-order valence-corrected chi connectivity index (χ3v) is 3.96. The maximum atomic E-state index is 9.10. The molecule has 126 valence electrons. The van der Waals surface area contributed by atoms with E-state index in [9.17, 15) is 0 Å². The molecule has 0 unspecified atom stereocenters. The first kappa shape index (κ1) is 17.1. The van der Waals surface area contributed by atoms with E-state index in [1.165, 1.54) is 31.3 Å². The SMILES string of the molecule is CN1CCC=C(c2nc(C3CCCC3)no2)C1.O=C(O)C(=O)O. The van der Waals surface area contributed by atoms with Gasteiger partial charge in [0, 0.05) is 24.6 Å². The van der Waals surface area contributed by atoms with Crippen LogP contribution in [0.2, 0.25) is 0 Å². The number of likely N-dealkylation sites (N-methyl/N-ethyl adjacent to an activating group) is 1. The number of carboxylic acids is 2. The van der Waals surface area contributed by atoms with Gasteiger partial charge in [-0.05, 0) is 26.3 Å². The van der Waals surface area contributed by atoms with Crippen molar-refractivity contribution in [2.75, 3.05) is 20.1 Å². The third-order valence-electron chi connectivity index (χ3n) is 3.96.